The summed E-state index contributed by atoms with van der Waals surface area (Å²) in [7, 11) is 0. The van der Waals surface area contributed by atoms with E-state index in [9.17, 15) is 0 Å². The van der Waals surface area contributed by atoms with Gasteiger partial charge in [0, 0.05) is 11.6 Å². The zero-order chi connectivity index (χ0) is 9.26. The fourth-order valence-corrected chi connectivity index (χ4v) is 1.80. The maximum Gasteiger partial charge on any atom is 0.226 e. The molecule has 0 spiro atoms. The molecule has 0 aliphatic carbocycles. The molecule has 0 unspecified atom stereocenters. The minimum absolute atomic E-state index is 0.374. The molecule has 7 heteroatoms. The summed E-state index contributed by atoms with van der Waals surface area (Å²) < 4.78 is 1.54. The molecule has 0 saturated carbocycles. The van der Waals surface area contributed by atoms with Crippen LogP contribution in [0.25, 0.3) is 5.13 Å². The van der Waals surface area contributed by atoms with Crippen LogP contribution in [-0.4, -0.2) is 26.0 Å². The molecule has 2 aromatic rings. The van der Waals surface area contributed by atoms with Crippen molar-refractivity contribution in [2.45, 2.75) is 5.16 Å². The Hall–Kier alpha value is -1.08. The second-order valence-electron chi connectivity index (χ2n) is 2.18. The molecule has 2 heterocycles. The van der Waals surface area contributed by atoms with E-state index in [1.807, 2.05) is 11.6 Å². The minimum atomic E-state index is 0.374. The van der Waals surface area contributed by atoms with E-state index < -0.39 is 0 Å². The van der Waals surface area contributed by atoms with Crippen LogP contribution in [0.5, 0.6) is 0 Å². The van der Waals surface area contributed by atoms with Crippen LogP contribution >= 0.6 is 23.1 Å². The molecule has 0 aliphatic rings. The van der Waals surface area contributed by atoms with E-state index in [4.69, 9.17) is 5.73 Å². The van der Waals surface area contributed by atoms with Crippen LogP contribution < -0.4 is 5.73 Å². The third-order valence-electron chi connectivity index (χ3n) is 1.40. The van der Waals surface area contributed by atoms with Crippen molar-refractivity contribution < 1.29 is 0 Å². The number of rotatable bonds is 2. The highest BCUT2D eigenvalue weighted by atomic mass is 32.2. The summed E-state index contributed by atoms with van der Waals surface area (Å²) in [5.41, 5.74) is 5.65. The average Bonchev–Trinajstić information content (AvgIpc) is 2.72. The standard InChI is InChI=1S/C6H7N5S2/c1-12-5-9-4(7)11(10-5)6-8-2-3-13-6/h2-3H,1H3,(H2,7,9,10). The first-order valence-corrected chi connectivity index (χ1v) is 5.58. The Morgan fingerprint density at radius 2 is 2.46 bits per heavy atom. The fraction of sp³-hybridized carbons (Fsp3) is 0.167. The molecule has 0 bridgehead atoms. The molecule has 0 saturated heterocycles. The molecule has 0 atom stereocenters. The van der Waals surface area contributed by atoms with Gasteiger partial charge in [-0.3, -0.25) is 0 Å². The van der Waals surface area contributed by atoms with E-state index in [0.29, 0.717) is 11.1 Å². The predicted octanol–water partition coefficient (Wildman–Crippen LogP) is 1.03. The minimum Gasteiger partial charge on any atom is -0.368 e. The van der Waals surface area contributed by atoms with Gasteiger partial charge < -0.3 is 5.73 Å². The number of nitrogen functional groups attached to an aromatic ring is 1. The van der Waals surface area contributed by atoms with Crippen LogP contribution in [0.3, 0.4) is 0 Å². The monoisotopic (exact) mass is 213 g/mol. The predicted molar refractivity (Wildman–Crippen MR) is 53.2 cm³/mol. The van der Waals surface area contributed by atoms with E-state index in [0.717, 1.165) is 5.13 Å². The lowest BCUT2D eigenvalue weighted by Gasteiger charge is -1.93. The summed E-state index contributed by atoms with van der Waals surface area (Å²) in [6.45, 7) is 0. The Balaban J connectivity index is 2.46. The highest BCUT2D eigenvalue weighted by molar-refractivity contribution is 7.98. The fourth-order valence-electron chi connectivity index (χ4n) is 0.852. The van der Waals surface area contributed by atoms with Gasteiger partial charge in [0.1, 0.15) is 0 Å². The van der Waals surface area contributed by atoms with Gasteiger partial charge in [-0.1, -0.05) is 11.8 Å². The van der Waals surface area contributed by atoms with Crippen molar-refractivity contribution in [3.8, 4) is 5.13 Å². The molecule has 0 fully saturated rings. The van der Waals surface area contributed by atoms with Gasteiger partial charge in [-0.05, 0) is 6.26 Å². The Labute approximate surface area is 83.0 Å². The number of hydrogen-bond donors (Lipinski definition) is 1. The summed E-state index contributed by atoms with van der Waals surface area (Å²) >= 11 is 2.93. The summed E-state index contributed by atoms with van der Waals surface area (Å²) in [4.78, 5) is 8.13. The lowest BCUT2D eigenvalue weighted by atomic mass is 10.9. The number of nitrogens with two attached hydrogens (primary N) is 1. The molecule has 0 amide bonds. The molecule has 0 radical (unpaired) electrons. The first-order chi connectivity index (χ1) is 6.31. The van der Waals surface area contributed by atoms with Crippen LogP contribution in [0.4, 0.5) is 5.95 Å². The van der Waals surface area contributed by atoms with Crippen molar-refractivity contribution in [1.29, 1.82) is 0 Å². The Kier molecular flexibility index (Phi) is 2.19. The number of thiazole rings is 1. The molecule has 68 valence electrons. The van der Waals surface area contributed by atoms with Gasteiger partial charge in [0.25, 0.3) is 0 Å². The molecule has 0 aromatic carbocycles. The van der Waals surface area contributed by atoms with Gasteiger partial charge in [0.15, 0.2) is 0 Å². The summed E-state index contributed by atoms with van der Waals surface area (Å²) in [5, 5.41) is 7.43. The zero-order valence-corrected chi connectivity index (χ0v) is 8.47. The summed E-state index contributed by atoms with van der Waals surface area (Å²) in [6.07, 6.45) is 3.61. The maximum atomic E-state index is 5.65. The van der Waals surface area contributed by atoms with Gasteiger partial charge in [-0.25, -0.2) is 4.98 Å². The van der Waals surface area contributed by atoms with Crippen molar-refractivity contribution in [2.75, 3.05) is 12.0 Å². The van der Waals surface area contributed by atoms with Gasteiger partial charge in [0.2, 0.25) is 16.2 Å². The van der Waals surface area contributed by atoms with Crippen molar-refractivity contribution >= 4 is 29.0 Å². The molecular weight excluding hydrogens is 206 g/mol. The first-order valence-electron chi connectivity index (χ1n) is 3.47. The second-order valence-corrected chi connectivity index (χ2v) is 3.83. The normalized spacial score (nSPS) is 10.5. The molecule has 0 aliphatic heterocycles. The second kappa shape index (κ2) is 3.35. The van der Waals surface area contributed by atoms with Crippen LogP contribution in [0.1, 0.15) is 0 Å². The molecule has 2 rings (SSSR count). The van der Waals surface area contributed by atoms with Crippen LogP contribution in [0.15, 0.2) is 16.7 Å². The number of anilines is 1. The van der Waals surface area contributed by atoms with Gasteiger partial charge >= 0.3 is 0 Å². The number of thioether (sulfide) groups is 1. The molecule has 13 heavy (non-hydrogen) atoms. The maximum absolute atomic E-state index is 5.65. The summed E-state index contributed by atoms with van der Waals surface area (Å²) in [5.74, 6) is 0.374. The van der Waals surface area contributed by atoms with Crippen molar-refractivity contribution in [3.05, 3.63) is 11.6 Å². The van der Waals surface area contributed by atoms with Crippen LogP contribution in [0.2, 0.25) is 0 Å². The largest absolute Gasteiger partial charge is 0.368 e. The molecule has 5 nitrogen and oxygen atoms in total. The molecular formula is C6H7N5S2. The van der Waals surface area contributed by atoms with Crippen LogP contribution in [-0.2, 0) is 0 Å². The Morgan fingerprint density at radius 3 is 3.00 bits per heavy atom. The van der Waals surface area contributed by atoms with Gasteiger partial charge in [-0.15, -0.1) is 16.4 Å². The zero-order valence-electron chi connectivity index (χ0n) is 6.84. The van der Waals surface area contributed by atoms with Crippen molar-refractivity contribution in [3.63, 3.8) is 0 Å². The van der Waals surface area contributed by atoms with E-state index in [2.05, 4.69) is 15.1 Å². The number of aromatic nitrogens is 4. The third-order valence-corrected chi connectivity index (χ3v) is 2.68. The van der Waals surface area contributed by atoms with Gasteiger partial charge in [-0.2, -0.15) is 9.67 Å². The highest BCUT2D eigenvalue weighted by Gasteiger charge is 2.08. The molecule has 2 aromatic heterocycles. The quantitative estimate of drug-likeness (QED) is 0.754. The van der Waals surface area contributed by atoms with E-state index >= 15 is 0 Å². The Bertz CT molecular complexity index is 393. The van der Waals surface area contributed by atoms with E-state index in [1.165, 1.54) is 27.8 Å². The highest BCUT2D eigenvalue weighted by Crippen LogP contribution is 2.17. The summed E-state index contributed by atoms with van der Waals surface area (Å²) in [6, 6.07) is 0. The number of hydrogen-bond acceptors (Lipinski definition) is 6. The van der Waals surface area contributed by atoms with Crippen LogP contribution in [0, 0.1) is 0 Å². The van der Waals surface area contributed by atoms with Gasteiger partial charge in [0.05, 0.1) is 0 Å². The third kappa shape index (κ3) is 1.52. The number of nitrogens with zero attached hydrogens (tertiary/aromatic N) is 4. The SMILES string of the molecule is CSc1nc(N)n(-c2nccs2)n1. The Morgan fingerprint density at radius 1 is 1.62 bits per heavy atom. The van der Waals surface area contributed by atoms with Crippen molar-refractivity contribution in [1.82, 2.24) is 19.7 Å². The molecule has 2 N–H and O–H groups in total. The van der Waals surface area contributed by atoms with E-state index in [1.54, 1.807) is 6.20 Å². The first kappa shape index (κ1) is 8.52. The topological polar surface area (TPSA) is 69.6 Å². The smallest absolute Gasteiger partial charge is 0.226 e. The van der Waals surface area contributed by atoms with Crippen molar-refractivity contribution in [2.24, 2.45) is 0 Å². The van der Waals surface area contributed by atoms with E-state index in [-0.39, 0.29) is 0 Å². The average molecular weight is 213 g/mol. The lowest BCUT2D eigenvalue weighted by molar-refractivity contribution is 0.834. The lowest BCUT2D eigenvalue weighted by Crippen LogP contribution is -2.01.